The first-order chi connectivity index (χ1) is 12.5. The van der Waals surface area contributed by atoms with Gasteiger partial charge in [-0.1, -0.05) is 54.1 Å². The van der Waals surface area contributed by atoms with Crippen LogP contribution in [0.4, 0.5) is 5.69 Å². The van der Waals surface area contributed by atoms with Gasteiger partial charge >= 0.3 is 5.97 Å². The zero-order chi connectivity index (χ0) is 18.3. The topological polar surface area (TPSA) is 66.4 Å². The standard InChI is InChI=1S/C20H14ClNO3S/c21-13-8-6-12(7-9-13)16-17-18(26-19(16)20(24)25)14(10-15(23)22-17)11-4-2-1-3-5-11/h1-9,14H,10H2,(H,22,23)(H,24,25). The minimum atomic E-state index is -1.00. The molecule has 130 valence electrons. The van der Waals surface area contributed by atoms with Crippen molar-refractivity contribution in [3.05, 3.63) is 74.9 Å². The Morgan fingerprint density at radius 1 is 1.12 bits per heavy atom. The second kappa shape index (κ2) is 6.59. The molecule has 1 aliphatic heterocycles. The number of hydrogen-bond acceptors (Lipinski definition) is 3. The van der Waals surface area contributed by atoms with E-state index in [9.17, 15) is 14.7 Å². The van der Waals surface area contributed by atoms with Gasteiger partial charge in [0.1, 0.15) is 4.88 Å². The molecule has 1 aliphatic rings. The molecule has 0 aliphatic carbocycles. The number of fused-ring (bicyclic) bond motifs is 1. The number of carboxylic acid groups (broad SMARTS) is 1. The lowest BCUT2D eigenvalue weighted by Gasteiger charge is -2.23. The van der Waals surface area contributed by atoms with Crippen molar-refractivity contribution in [3.63, 3.8) is 0 Å². The van der Waals surface area contributed by atoms with Crippen molar-refractivity contribution in [2.45, 2.75) is 12.3 Å². The number of carboxylic acids is 1. The van der Waals surface area contributed by atoms with Gasteiger partial charge in [0.15, 0.2) is 0 Å². The summed E-state index contributed by atoms with van der Waals surface area (Å²) >= 11 is 7.19. The largest absolute Gasteiger partial charge is 0.477 e. The number of carbonyl (C=O) groups excluding carboxylic acids is 1. The maximum Gasteiger partial charge on any atom is 0.346 e. The van der Waals surface area contributed by atoms with Crippen LogP contribution in [0.2, 0.25) is 5.02 Å². The molecule has 0 saturated heterocycles. The van der Waals surface area contributed by atoms with E-state index in [0.29, 0.717) is 22.7 Å². The van der Waals surface area contributed by atoms with Gasteiger partial charge < -0.3 is 10.4 Å². The Labute approximate surface area is 159 Å². The molecule has 0 radical (unpaired) electrons. The fourth-order valence-corrected chi connectivity index (χ4v) is 4.66. The SMILES string of the molecule is O=C1CC(c2ccccc2)c2sc(C(=O)O)c(-c3ccc(Cl)cc3)c2N1. The van der Waals surface area contributed by atoms with Crippen LogP contribution in [-0.4, -0.2) is 17.0 Å². The second-order valence-electron chi connectivity index (χ2n) is 6.07. The monoisotopic (exact) mass is 383 g/mol. The van der Waals surface area contributed by atoms with Gasteiger partial charge in [0.05, 0.1) is 5.69 Å². The van der Waals surface area contributed by atoms with E-state index < -0.39 is 5.97 Å². The van der Waals surface area contributed by atoms with Crippen LogP contribution in [0.1, 0.15) is 32.5 Å². The number of anilines is 1. The summed E-state index contributed by atoms with van der Waals surface area (Å²) in [5, 5.41) is 13.2. The number of hydrogen-bond donors (Lipinski definition) is 2. The summed E-state index contributed by atoms with van der Waals surface area (Å²) in [6, 6.07) is 16.7. The number of aromatic carboxylic acids is 1. The molecule has 3 aromatic rings. The highest BCUT2D eigenvalue weighted by molar-refractivity contribution is 7.15. The second-order valence-corrected chi connectivity index (χ2v) is 7.56. The van der Waals surface area contributed by atoms with Gasteiger partial charge in [0, 0.05) is 27.8 Å². The van der Waals surface area contributed by atoms with E-state index >= 15 is 0 Å². The molecule has 0 bridgehead atoms. The number of amides is 1. The molecule has 4 rings (SSSR count). The summed E-state index contributed by atoms with van der Waals surface area (Å²) < 4.78 is 0. The summed E-state index contributed by atoms with van der Waals surface area (Å²) in [5.41, 5.74) is 2.87. The molecular weight excluding hydrogens is 370 g/mol. The van der Waals surface area contributed by atoms with Gasteiger partial charge in [-0.05, 0) is 23.3 Å². The minimum absolute atomic E-state index is 0.115. The third-order valence-electron chi connectivity index (χ3n) is 4.43. The first kappa shape index (κ1) is 16.8. The zero-order valence-corrected chi connectivity index (χ0v) is 15.1. The highest BCUT2D eigenvalue weighted by Gasteiger charge is 2.34. The Morgan fingerprint density at radius 3 is 2.46 bits per heavy atom. The van der Waals surface area contributed by atoms with E-state index in [1.807, 2.05) is 30.3 Å². The maximum absolute atomic E-state index is 12.4. The Balaban J connectivity index is 1.94. The average Bonchev–Trinajstić information content (AvgIpc) is 3.02. The Bertz CT molecular complexity index is 996. The highest BCUT2D eigenvalue weighted by atomic mass is 35.5. The fraction of sp³-hybridized carbons (Fsp3) is 0.100. The Kier molecular flexibility index (Phi) is 4.26. The number of thiophene rings is 1. The summed E-state index contributed by atoms with van der Waals surface area (Å²) in [6.07, 6.45) is 0.302. The third-order valence-corrected chi connectivity index (χ3v) is 5.98. The van der Waals surface area contributed by atoms with Gasteiger partial charge in [-0.3, -0.25) is 4.79 Å². The van der Waals surface area contributed by atoms with Crippen molar-refractivity contribution in [2.75, 3.05) is 5.32 Å². The van der Waals surface area contributed by atoms with Gasteiger partial charge in [-0.2, -0.15) is 0 Å². The van der Waals surface area contributed by atoms with Crippen LogP contribution < -0.4 is 5.32 Å². The molecule has 1 atom stereocenters. The molecule has 1 unspecified atom stereocenters. The van der Waals surface area contributed by atoms with Crippen molar-refractivity contribution in [2.24, 2.45) is 0 Å². The lowest BCUT2D eigenvalue weighted by molar-refractivity contribution is -0.116. The summed E-state index contributed by atoms with van der Waals surface area (Å²) in [6.45, 7) is 0. The third kappa shape index (κ3) is 2.89. The highest BCUT2D eigenvalue weighted by Crippen LogP contribution is 2.49. The van der Waals surface area contributed by atoms with E-state index in [1.165, 1.54) is 11.3 Å². The van der Waals surface area contributed by atoms with Crippen LogP contribution >= 0.6 is 22.9 Å². The predicted octanol–water partition coefficient (Wildman–Crippen LogP) is 5.24. The van der Waals surface area contributed by atoms with Crippen molar-refractivity contribution >= 4 is 40.5 Å². The van der Waals surface area contributed by atoms with Crippen LogP contribution in [-0.2, 0) is 4.79 Å². The van der Waals surface area contributed by atoms with Gasteiger partial charge in [0.25, 0.3) is 0 Å². The van der Waals surface area contributed by atoms with Crippen LogP contribution in [0, 0.1) is 0 Å². The molecule has 6 heteroatoms. The smallest absolute Gasteiger partial charge is 0.346 e. The van der Waals surface area contributed by atoms with E-state index in [1.54, 1.807) is 24.3 Å². The van der Waals surface area contributed by atoms with E-state index in [2.05, 4.69) is 5.32 Å². The van der Waals surface area contributed by atoms with Crippen LogP contribution in [0.3, 0.4) is 0 Å². The number of carbonyl (C=O) groups is 2. The maximum atomic E-state index is 12.4. The molecule has 0 saturated carbocycles. The molecule has 0 fully saturated rings. The number of benzene rings is 2. The van der Waals surface area contributed by atoms with Crippen LogP contribution in [0.25, 0.3) is 11.1 Å². The van der Waals surface area contributed by atoms with E-state index in [-0.39, 0.29) is 16.7 Å². The Hall–Kier alpha value is -2.63. The van der Waals surface area contributed by atoms with Crippen molar-refractivity contribution in [1.82, 2.24) is 0 Å². The average molecular weight is 384 g/mol. The molecule has 0 spiro atoms. The van der Waals surface area contributed by atoms with Gasteiger partial charge in [-0.15, -0.1) is 11.3 Å². The Morgan fingerprint density at radius 2 is 1.81 bits per heavy atom. The van der Waals surface area contributed by atoms with Crippen molar-refractivity contribution in [3.8, 4) is 11.1 Å². The van der Waals surface area contributed by atoms with Crippen molar-refractivity contribution < 1.29 is 14.7 Å². The first-order valence-corrected chi connectivity index (χ1v) is 9.24. The van der Waals surface area contributed by atoms with Gasteiger partial charge in [0.2, 0.25) is 5.91 Å². The van der Waals surface area contributed by atoms with Crippen molar-refractivity contribution in [1.29, 1.82) is 0 Å². The zero-order valence-electron chi connectivity index (χ0n) is 13.5. The summed E-state index contributed by atoms with van der Waals surface area (Å²) in [7, 11) is 0. The predicted molar refractivity (Wildman–Crippen MR) is 103 cm³/mol. The first-order valence-electron chi connectivity index (χ1n) is 8.05. The molecule has 2 N–H and O–H groups in total. The van der Waals surface area contributed by atoms with E-state index in [0.717, 1.165) is 16.0 Å². The molecule has 26 heavy (non-hydrogen) atoms. The normalized spacial score (nSPS) is 16.0. The number of nitrogens with one attached hydrogen (secondary N) is 1. The van der Waals surface area contributed by atoms with E-state index in [4.69, 9.17) is 11.6 Å². The minimum Gasteiger partial charge on any atom is -0.477 e. The molecule has 1 amide bonds. The summed E-state index contributed by atoms with van der Waals surface area (Å²) in [5.74, 6) is -1.27. The quantitative estimate of drug-likeness (QED) is 0.649. The molecular formula is C20H14ClNO3S. The van der Waals surface area contributed by atoms with Gasteiger partial charge in [-0.25, -0.2) is 4.79 Å². The fourth-order valence-electron chi connectivity index (χ4n) is 3.28. The summed E-state index contributed by atoms with van der Waals surface area (Å²) in [4.78, 5) is 25.3. The molecule has 2 heterocycles. The number of rotatable bonds is 3. The lowest BCUT2D eigenvalue weighted by Crippen LogP contribution is -2.22. The lowest BCUT2D eigenvalue weighted by atomic mass is 9.89. The number of halogens is 1. The molecule has 1 aromatic heterocycles. The van der Waals surface area contributed by atoms with Crippen LogP contribution in [0.15, 0.2) is 54.6 Å². The molecule has 2 aromatic carbocycles. The molecule has 4 nitrogen and oxygen atoms in total. The van der Waals surface area contributed by atoms with Crippen LogP contribution in [0.5, 0.6) is 0 Å².